The topological polar surface area (TPSA) is 93.7 Å². The van der Waals surface area contributed by atoms with E-state index in [0.717, 1.165) is 0 Å². The molecule has 134 valence electrons. The molecule has 0 spiro atoms. The van der Waals surface area contributed by atoms with E-state index >= 15 is 0 Å². The molecule has 0 saturated carbocycles. The van der Waals surface area contributed by atoms with Crippen molar-refractivity contribution in [2.75, 3.05) is 31.7 Å². The maximum atomic E-state index is 12.4. The molecule has 1 aromatic rings. The number of sulfonamides is 1. The number of carbonyl (C=O) groups excluding carboxylic acids is 1. The van der Waals surface area contributed by atoms with Crippen LogP contribution in [0.4, 0.5) is 5.69 Å². The van der Waals surface area contributed by atoms with Crippen LogP contribution in [0.1, 0.15) is 20.3 Å². The van der Waals surface area contributed by atoms with Crippen molar-refractivity contribution >= 4 is 33.2 Å². The second kappa shape index (κ2) is 8.15. The summed E-state index contributed by atoms with van der Waals surface area (Å²) in [6.07, 6.45) is 0.557. The van der Waals surface area contributed by atoms with Crippen molar-refractivity contribution in [3.8, 4) is 5.75 Å². The molecular weight excluding hydrogens is 356 g/mol. The van der Waals surface area contributed by atoms with Gasteiger partial charge in [-0.3, -0.25) is 4.79 Å². The van der Waals surface area contributed by atoms with Gasteiger partial charge in [0.15, 0.2) is 6.61 Å². The molecule has 1 aliphatic heterocycles. The highest BCUT2D eigenvalue weighted by Crippen LogP contribution is 2.35. The number of benzene rings is 1. The van der Waals surface area contributed by atoms with Crippen molar-refractivity contribution in [2.45, 2.75) is 25.2 Å². The number of nitrogens with one attached hydrogen (secondary N) is 2. The fourth-order valence-corrected chi connectivity index (χ4v) is 3.68. The Bertz CT molecular complexity index is 706. The lowest BCUT2D eigenvalue weighted by Gasteiger charge is -2.19. The normalized spacial score (nSPS) is 14.2. The van der Waals surface area contributed by atoms with Gasteiger partial charge in [-0.2, -0.15) is 0 Å². The lowest BCUT2D eigenvalue weighted by atomic mass is 10.2. The number of rotatable bonds is 8. The summed E-state index contributed by atoms with van der Waals surface area (Å²) < 4.78 is 37.8. The minimum atomic E-state index is -3.77. The Morgan fingerprint density at radius 1 is 1.42 bits per heavy atom. The molecule has 0 aliphatic carbocycles. The maximum absolute atomic E-state index is 12.4. The highest BCUT2D eigenvalue weighted by atomic mass is 35.5. The van der Waals surface area contributed by atoms with Crippen LogP contribution in [-0.2, 0) is 19.6 Å². The highest BCUT2D eigenvalue weighted by molar-refractivity contribution is 7.89. The van der Waals surface area contributed by atoms with Crippen LogP contribution in [0.25, 0.3) is 0 Å². The summed E-state index contributed by atoms with van der Waals surface area (Å²) in [6.45, 7) is 5.30. The first-order valence-electron chi connectivity index (χ1n) is 7.63. The van der Waals surface area contributed by atoms with Gasteiger partial charge in [-0.1, -0.05) is 25.4 Å². The van der Waals surface area contributed by atoms with Crippen LogP contribution in [0, 0.1) is 5.92 Å². The first-order valence-corrected chi connectivity index (χ1v) is 9.49. The van der Waals surface area contributed by atoms with E-state index in [0.29, 0.717) is 31.2 Å². The largest absolute Gasteiger partial charge is 0.482 e. The fourth-order valence-electron chi connectivity index (χ4n) is 2.06. The molecule has 24 heavy (non-hydrogen) atoms. The van der Waals surface area contributed by atoms with E-state index in [-0.39, 0.29) is 34.7 Å². The summed E-state index contributed by atoms with van der Waals surface area (Å²) in [5.74, 6) is 0.407. The van der Waals surface area contributed by atoms with E-state index in [4.69, 9.17) is 21.1 Å². The molecule has 9 heteroatoms. The van der Waals surface area contributed by atoms with Crippen LogP contribution in [0.15, 0.2) is 17.0 Å². The van der Waals surface area contributed by atoms with Gasteiger partial charge < -0.3 is 14.8 Å². The van der Waals surface area contributed by atoms with Crippen molar-refractivity contribution in [1.29, 1.82) is 0 Å². The molecule has 0 saturated heterocycles. The van der Waals surface area contributed by atoms with Gasteiger partial charge in [0.25, 0.3) is 5.91 Å². The van der Waals surface area contributed by atoms with Gasteiger partial charge in [-0.15, -0.1) is 0 Å². The molecule has 1 amide bonds. The summed E-state index contributed by atoms with van der Waals surface area (Å²) in [4.78, 5) is 11.2. The molecule has 2 rings (SSSR count). The quantitative estimate of drug-likeness (QED) is 0.677. The zero-order chi connectivity index (χ0) is 17.7. The Morgan fingerprint density at radius 2 is 2.17 bits per heavy atom. The summed E-state index contributed by atoms with van der Waals surface area (Å²) in [7, 11) is -3.77. The molecule has 7 nitrogen and oxygen atoms in total. The lowest BCUT2D eigenvalue weighted by Crippen LogP contribution is -2.28. The fraction of sp³-hybridized carbons (Fsp3) is 0.533. The molecule has 0 aromatic heterocycles. The number of fused-ring (bicyclic) bond motifs is 1. The first-order chi connectivity index (χ1) is 11.3. The molecule has 1 aromatic carbocycles. The lowest BCUT2D eigenvalue weighted by molar-refractivity contribution is -0.118. The van der Waals surface area contributed by atoms with Crippen LogP contribution in [0.3, 0.4) is 0 Å². The summed E-state index contributed by atoms with van der Waals surface area (Å²) in [5.41, 5.74) is 0.359. The van der Waals surface area contributed by atoms with E-state index in [1.165, 1.54) is 12.1 Å². The van der Waals surface area contributed by atoms with E-state index in [1.54, 1.807) is 0 Å². The second-order valence-corrected chi connectivity index (χ2v) is 7.98. The predicted molar refractivity (Wildman–Crippen MR) is 91.0 cm³/mol. The van der Waals surface area contributed by atoms with Gasteiger partial charge in [0.1, 0.15) is 10.6 Å². The van der Waals surface area contributed by atoms with Crippen molar-refractivity contribution in [3.05, 3.63) is 17.2 Å². The zero-order valence-electron chi connectivity index (χ0n) is 13.6. The summed E-state index contributed by atoms with van der Waals surface area (Å²) in [6, 6.07) is 2.68. The van der Waals surface area contributed by atoms with Gasteiger partial charge in [-0.05, 0) is 18.4 Å². The van der Waals surface area contributed by atoms with Gasteiger partial charge >= 0.3 is 0 Å². The van der Waals surface area contributed by atoms with Crippen LogP contribution < -0.4 is 14.8 Å². The number of carbonyl (C=O) groups is 1. The van der Waals surface area contributed by atoms with Crippen LogP contribution >= 0.6 is 11.6 Å². The smallest absolute Gasteiger partial charge is 0.262 e. The number of hydrogen-bond acceptors (Lipinski definition) is 5. The minimum absolute atomic E-state index is 0.0168. The maximum Gasteiger partial charge on any atom is 0.262 e. The second-order valence-electron chi connectivity index (χ2n) is 5.84. The predicted octanol–water partition coefficient (Wildman–Crippen LogP) is 2.01. The third-order valence-corrected chi connectivity index (χ3v) is 5.09. The first kappa shape index (κ1) is 19.0. The Morgan fingerprint density at radius 3 is 2.88 bits per heavy atom. The molecule has 1 aliphatic rings. The average Bonchev–Trinajstić information content (AvgIpc) is 2.49. The molecule has 2 N–H and O–H groups in total. The molecular formula is C15H21ClN2O5S. The van der Waals surface area contributed by atoms with Crippen LogP contribution in [0.5, 0.6) is 5.75 Å². The number of amides is 1. The van der Waals surface area contributed by atoms with E-state index in [2.05, 4.69) is 10.0 Å². The third kappa shape index (κ3) is 5.07. The molecule has 0 atom stereocenters. The van der Waals surface area contributed by atoms with Crippen LogP contribution in [-0.4, -0.2) is 40.7 Å². The molecule has 0 fully saturated rings. The number of anilines is 1. The van der Waals surface area contributed by atoms with Crippen molar-refractivity contribution in [1.82, 2.24) is 4.72 Å². The monoisotopic (exact) mass is 376 g/mol. The van der Waals surface area contributed by atoms with Crippen molar-refractivity contribution in [3.63, 3.8) is 0 Å². The van der Waals surface area contributed by atoms with Gasteiger partial charge in [0.2, 0.25) is 10.0 Å². The summed E-state index contributed by atoms with van der Waals surface area (Å²) >= 11 is 6.04. The number of ether oxygens (including phenoxy) is 2. The number of halogens is 1. The van der Waals surface area contributed by atoms with Crippen molar-refractivity contribution < 1.29 is 22.7 Å². The van der Waals surface area contributed by atoms with Gasteiger partial charge in [0.05, 0.1) is 10.7 Å². The minimum Gasteiger partial charge on any atom is -0.482 e. The third-order valence-electron chi connectivity index (χ3n) is 3.17. The highest BCUT2D eigenvalue weighted by Gasteiger charge is 2.24. The molecule has 1 heterocycles. The van der Waals surface area contributed by atoms with Gasteiger partial charge in [0, 0.05) is 25.8 Å². The number of hydrogen-bond donors (Lipinski definition) is 2. The Labute approximate surface area is 146 Å². The SMILES string of the molecule is CC(C)COCCCNS(=O)(=O)c1cc2c(cc1Cl)NC(=O)CO2. The summed E-state index contributed by atoms with van der Waals surface area (Å²) in [5, 5.41) is 2.59. The van der Waals surface area contributed by atoms with E-state index < -0.39 is 10.0 Å². The molecule has 0 bridgehead atoms. The standard InChI is InChI=1S/C15H21ClN2O5S/c1-10(2)8-22-5-3-4-17-24(20,21)14-7-13-12(6-11(14)16)18-15(19)9-23-13/h6-7,10,17H,3-5,8-9H2,1-2H3,(H,18,19). The van der Waals surface area contributed by atoms with Crippen molar-refractivity contribution in [2.24, 2.45) is 5.92 Å². The Kier molecular flexibility index (Phi) is 6.45. The van der Waals surface area contributed by atoms with Gasteiger partial charge in [-0.25, -0.2) is 13.1 Å². The zero-order valence-corrected chi connectivity index (χ0v) is 15.2. The van der Waals surface area contributed by atoms with Crippen LogP contribution in [0.2, 0.25) is 5.02 Å². The molecule has 0 radical (unpaired) electrons. The average molecular weight is 377 g/mol. The Hall–Kier alpha value is -1.35. The van der Waals surface area contributed by atoms with E-state index in [1.807, 2.05) is 13.8 Å². The van der Waals surface area contributed by atoms with E-state index in [9.17, 15) is 13.2 Å². The Balaban J connectivity index is 1.98. The molecule has 0 unspecified atom stereocenters.